The van der Waals surface area contributed by atoms with E-state index in [1.807, 2.05) is 21.9 Å². The van der Waals surface area contributed by atoms with Crippen molar-refractivity contribution in [2.75, 3.05) is 19.6 Å². The van der Waals surface area contributed by atoms with Gasteiger partial charge in [-0.2, -0.15) is 0 Å². The number of aliphatic imine (C=N–C) groups is 1. The largest absolute Gasteiger partial charge is 0.464 e. The first-order chi connectivity index (χ1) is 16.5. The molecule has 172 valence electrons. The van der Waals surface area contributed by atoms with Crippen LogP contribution in [0.5, 0.6) is 0 Å². The number of carbonyl (C=O) groups is 2. The molecular weight excluding hydrogens is 426 g/mol. The van der Waals surface area contributed by atoms with Gasteiger partial charge >= 0.3 is 0 Å². The van der Waals surface area contributed by atoms with E-state index in [4.69, 9.17) is 9.41 Å². The van der Waals surface area contributed by atoms with Crippen LogP contribution in [0, 0.1) is 18.8 Å². The number of benzene rings is 2. The molecule has 0 radical (unpaired) electrons. The van der Waals surface area contributed by atoms with Gasteiger partial charge in [0.05, 0.1) is 6.26 Å². The second-order valence-corrected chi connectivity index (χ2v) is 10.5. The van der Waals surface area contributed by atoms with Gasteiger partial charge in [0.2, 0.25) is 5.91 Å². The lowest BCUT2D eigenvalue weighted by atomic mass is 9.96. The monoisotopic (exact) mass is 453 g/mol. The van der Waals surface area contributed by atoms with E-state index < -0.39 is 5.54 Å². The number of hydrogen-bond donors (Lipinski definition) is 0. The van der Waals surface area contributed by atoms with Gasteiger partial charge in [-0.05, 0) is 73.6 Å². The topological polar surface area (TPSA) is 66.1 Å². The number of hydrogen-bond acceptors (Lipinski definition) is 4. The molecule has 2 aliphatic heterocycles. The number of furan rings is 1. The molecule has 1 aromatic heterocycles. The Morgan fingerprint density at radius 3 is 2.62 bits per heavy atom. The third-order valence-electron chi connectivity index (χ3n) is 7.83. The first-order valence-electron chi connectivity index (χ1n) is 12.3. The molecule has 0 N–H and O–H groups in total. The van der Waals surface area contributed by atoms with Crippen LogP contribution >= 0.6 is 0 Å². The summed E-state index contributed by atoms with van der Waals surface area (Å²) in [5.74, 6) is 1.83. The fourth-order valence-corrected chi connectivity index (χ4v) is 5.46. The molecule has 34 heavy (non-hydrogen) atoms. The van der Waals surface area contributed by atoms with Crippen LogP contribution in [-0.2, 0) is 9.59 Å². The van der Waals surface area contributed by atoms with Crippen LogP contribution in [0.3, 0.4) is 0 Å². The molecule has 1 spiro atoms. The maximum Gasteiger partial charge on any atom is 0.256 e. The van der Waals surface area contributed by atoms with Gasteiger partial charge in [-0.3, -0.25) is 19.5 Å². The predicted octanol–water partition coefficient (Wildman–Crippen LogP) is 4.40. The fraction of sp³-hybridized carbons (Fsp3) is 0.393. The third-order valence-corrected chi connectivity index (χ3v) is 7.83. The van der Waals surface area contributed by atoms with Gasteiger partial charge in [-0.1, -0.05) is 18.2 Å². The summed E-state index contributed by atoms with van der Waals surface area (Å²) in [5, 5.41) is 1.09. The molecule has 0 atom stereocenters. The minimum atomic E-state index is -0.526. The highest BCUT2D eigenvalue weighted by atomic mass is 16.3. The second-order valence-electron chi connectivity index (χ2n) is 10.5. The molecule has 0 bridgehead atoms. The zero-order valence-electron chi connectivity index (χ0n) is 19.3. The van der Waals surface area contributed by atoms with Crippen LogP contribution in [0.2, 0.25) is 0 Å². The van der Waals surface area contributed by atoms with Gasteiger partial charge in [0.15, 0.2) is 0 Å². The maximum absolute atomic E-state index is 13.3. The zero-order chi connectivity index (χ0) is 23.0. The highest BCUT2D eigenvalue weighted by Crippen LogP contribution is 2.46. The van der Waals surface area contributed by atoms with Gasteiger partial charge < -0.3 is 9.32 Å². The lowest BCUT2D eigenvalue weighted by Crippen LogP contribution is -2.55. The maximum atomic E-state index is 13.3. The molecule has 6 nitrogen and oxygen atoms in total. The summed E-state index contributed by atoms with van der Waals surface area (Å²) < 4.78 is 5.48. The highest BCUT2D eigenvalue weighted by molar-refractivity contribution is 6.16. The van der Waals surface area contributed by atoms with Crippen molar-refractivity contribution >= 4 is 28.6 Å². The first kappa shape index (κ1) is 20.0. The molecule has 2 aromatic carbocycles. The van der Waals surface area contributed by atoms with E-state index >= 15 is 0 Å². The van der Waals surface area contributed by atoms with Crippen molar-refractivity contribution in [3.05, 3.63) is 59.9 Å². The quantitative estimate of drug-likeness (QED) is 0.575. The van der Waals surface area contributed by atoms with Crippen molar-refractivity contribution in [2.24, 2.45) is 16.8 Å². The standard InChI is InChI=1S/C28H27N3O3/c1-17-12-22(4-6-23(17)20-5-7-24-21(13-20)8-11-34-24)25-29-28(9-10-28)27(33)31(25)16-18-14-30(15-18)26(32)19-2-3-19/h4-8,11-13,18-19H,2-3,9-10,14-16H2,1H3. The molecule has 3 aromatic rings. The number of carbonyl (C=O) groups excluding carboxylic acids is 2. The van der Waals surface area contributed by atoms with Crippen LogP contribution in [0.15, 0.2) is 58.1 Å². The van der Waals surface area contributed by atoms with Crippen molar-refractivity contribution in [1.82, 2.24) is 9.80 Å². The Balaban J connectivity index is 1.14. The molecule has 2 saturated carbocycles. The summed E-state index contributed by atoms with van der Waals surface area (Å²) in [7, 11) is 0. The van der Waals surface area contributed by atoms with Crippen LogP contribution in [0.1, 0.15) is 36.8 Å². The highest BCUT2D eigenvalue weighted by Gasteiger charge is 2.58. The molecule has 1 saturated heterocycles. The predicted molar refractivity (Wildman–Crippen MR) is 129 cm³/mol. The number of likely N-dealkylation sites (tertiary alicyclic amines) is 1. The van der Waals surface area contributed by atoms with Gasteiger partial charge in [0.25, 0.3) is 5.91 Å². The second kappa shape index (κ2) is 7.05. The molecule has 7 rings (SSSR count). The van der Waals surface area contributed by atoms with Crippen LogP contribution in [-0.4, -0.2) is 52.6 Å². The van der Waals surface area contributed by atoms with Gasteiger partial charge in [-0.25, -0.2) is 0 Å². The molecular formula is C28H27N3O3. The van der Waals surface area contributed by atoms with Crippen molar-refractivity contribution in [1.29, 1.82) is 0 Å². The molecule has 4 aliphatic rings. The fourth-order valence-electron chi connectivity index (χ4n) is 5.46. The van der Waals surface area contributed by atoms with E-state index in [2.05, 4.69) is 37.3 Å². The van der Waals surface area contributed by atoms with Crippen LogP contribution in [0.25, 0.3) is 22.1 Å². The Hall–Kier alpha value is -3.41. The lowest BCUT2D eigenvalue weighted by Gasteiger charge is -2.41. The Morgan fingerprint density at radius 2 is 1.88 bits per heavy atom. The molecule has 3 heterocycles. The third kappa shape index (κ3) is 3.11. The van der Waals surface area contributed by atoms with Crippen molar-refractivity contribution in [3.8, 4) is 11.1 Å². The van der Waals surface area contributed by atoms with Crippen molar-refractivity contribution < 1.29 is 14.0 Å². The average molecular weight is 454 g/mol. The number of aryl methyl sites for hydroxylation is 1. The van der Waals surface area contributed by atoms with E-state index in [0.29, 0.717) is 18.4 Å². The van der Waals surface area contributed by atoms with E-state index in [1.165, 1.54) is 0 Å². The normalized spacial score (nSPS) is 21.3. The summed E-state index contributed by atoms with van der Waals surface area (Å²) in [4.78, 5) is 34.4. The average Bonchev–Trinajstić information content (AvgIpc) is 3.72. The van der Waals surface area contributed by atoms with E-state index in [1.54, 1.807) is 6.26 Å². The smallest absolute Gasteiger partial charge is 0.256 e. The van der Waals surface area contributed by atoms with Crippen molar-refractivity contribution in [2.45, 2.75) is 38.1 Å². The summed E-state index contributed by atoms with van der Waals surface area (Å²) in [6, 6.07) is 14.6. The molecule has 6 heteroatoms. The minimum Gasteiger partial charge on any atom is -0.464 e. The summed E-state index contributed by atoms with van der Waals surface area (Å²) >= 11 is 0. The Labute approximate surface area is 198 Å². The van der Waals surface area contributed by atoms with Crippen molar-refractivity contribution in [3.63, 3.8) is 0 Å². The number of amides is 2. The Morgan fingerprint density at radius 1 is 1.09 bits per heavy atom. The Kier molecular flexibility index (Phi) is 4.15. The lowest BCUT2D eigenvalue weighted by molar-refractivity contribution is -0.139. The summed E-state index contributed by atoms with van der Waals surface area (Å²) in [6.07, 6.45) is 5.46. The molecule has 0 unspecified atom stereocenters. The number of amidine groups is 1. The van der Waals surface area contributed by atoms with Crippen LogP contribution < -0.4 is 0 Å². The SMILES string of the molecule is Cc1cc(C2=NC3(CC3)C(=O)N2CC2CN(C(=O)C3CC3)C2)ccc1-c1ccc2occc2c1. The van der Waals surface area contributed by atoms with Crippen LogP contribution in [0.4, 0.5) is 0 Å². The summed E-state index contributed by atoms with van der Waals surface area (Å²) in [6.45, 7) is 4.27. The zero-order valence-corrected chi connectivity index (χ0v) is 19.3. The van der Waals surface area contributed by atoms with E-state index in [9.17, 15) is 9.59 Å². The Bertz CT molecular complexity index is 1370. The number of nitrogens with zero attached hydrogens (tertiary/aromatic N) is 3. The molecule has 3 fully saturated rings. The van der Waals surface area contributed by atoms with E-state index in [0.717, 1.165) is 77.8 Å². The number of fused-ring (bicyclic) bond motifs is 1. The van der Waals surface area contributed by atoms with Gasteiger partial charge in [0, 0.05) is 42.4 Å². The first-order valence-corrected chi connectivity index (χ1v) is 12.3. The summed E-state index contributed by atoms with van der Waals surface area (Å²) in [5.41, 5.74) is 4.81. The number of rotatable bonds is 5. The molecule has 2 aliphatic carbocycles. The molecule has 2 amide bonds. The minimum absolute atomic E-state index is 0.140. The van der Waals surface area contributed by atoms with E-state index in [-0.39, 0.29) is 11.8 Å². The van der Waals surface area contributed by atoms with Gasteiger partial charge in [0.1, 0.15) is 17.0 Å². The van der Waals surface area contributed by atoms with Gasteiger partial charge in [-0.15, -0.1) is 0 Å².